The number of benzene rings is 1. The number of aromatic nitrogens is 6. The lowest BCUT2D eigenvalue weighted by Gasteiger charge is -2.06. The number of nitrogens with zero attached hydrogens (tertiary/aromatic N) is 6. The van der Waals surface area contributed by atoms with Crippen molar-refractivity contribution in [2.75, 3.05) is 13.2 Å². The van der Waals surface area contributed by atoms with E-state index in [1.807, 2.05) is 37.3 Å². The summed E-state index contributed by atoms with van der Waals surface area (Å²) in [6.45, 7) is 3.30. The molecular formula is C18H16N6O2. The zero-order valence-corrected chi connectivity index (χ0v) is 14.2. The average molecular weight is 348 g/mol. The molecule has 0 unspecified atom stereocenters. The van der Waals surface area contributed by atoms with E-state index in [9.17, 15) is 0 Å². The highest BCUT2D eigenvalue weighted by atomic mass is 16.5. The molecule has 0 bridgehead atoms. The molecule has 4 heterocycles. The lowest BCUT2D eigenvalue weighted by molar-refractivity contribution is 0.192. The predicted molar refractivity (Wildman–Crippen MR) is 92.9 cm³/mol. The second kappa shape index (κ2) is 5.99. The summed E-state index contributed by atoms with van der Waals surface area (Å²) in [5.41, 5.74) is 3.13. The summed E-state index contributed by atoms with van der Waals surface area (Å²) in [4.78, 5) is 8.99. The first-order valence-corrected chi connectivity index (χ1v) is 8.49. The van der Waals surface area contributed by atoms with Crippen LogP contribution in [-0.2, 0) is 4.74 Å². The molecule has 1 saturated heterocycles. The third-order valence-corrected chi connectivity index (χ3v) is 4.67. The molecule has 4 aromatic rings. The molecule has 0 spiro atoms. The number of hydrogen-bond donors (Lipinski definition) is 0. The summed E-state index contributed by atoms with van der Waals surface area (Å²) in [5, 5.41) is 13.7. The Bertz CT molecular complexity index is 1070. The molecule has 0 aliphatic carbocycles. The van der Waals surface area contributed by atoms with Gasteiger partial charge in [-0.1, -0.05) is 28.6 Å². The van der Waals surface area contributed by atoms with Gasteiger partial charge in [-0.05, 0) is 25.5 Å². The van der Waals surface area contributed by atoms with Crippen LogP contribution in [0, 0.1) is 6.92 Å². The SMILES string of the molecule is Cc1c(-c2nc([C@H]3CCOC3)no2)nnn1-c1cccc2cccnc12. The topological polar surface area (TPSA) is 91.8 Å². The van der Waals surface area contributed by atoms with Crippen molar-refractivity contribution < 1.29 is 9.26 Å². The van der Waals surface area contributed by atoms with E-state index < -0.39 is 0 Å². The molecule has 1 aliphatic heterocycles. The maximum Gasteiger partial charge on any atom is 0.280 e. The van der Waals surface area contributed by atoms with Crippen LogP contribution < -0.4 is 0 Å². The van der Waals surface area contributed by atoms with Crippen LogP contribution in [0.2, 0.25) is 0 Å². The fourth-order valence-corrected chi connectivity index (χ4v) is 3.25. The molecule has 1 fully saturated rings. The minimum absolute atomic E-state index is 0.185. The van der Waals surface area contributed by atoms with Crippen molar-refractivity contribution in [2.45, 2.75) is 19.3 Å². The third kappa shape index (κ3) is 2.38. The van der Waals surface area contributed by atoms with Crippen LogP contribution in [0.25, 0.3) is 28.2 Å². The Morgan fingerprint density at radius 1 is 1.19 bits per heavy atom. The van der Waals surface area contributed by atoms with Gasteiger partial charge in [0.05, 0.1) is 23.5 Å². The smallest absolute Gasteiger partial charge is 0.280 e. The van der Waals surface area contributed by atoms with Crippen molar-refractivity contribution in [1.29, 1.82) is 0 Å². The van der Waals surface area contributed by atoms with Crippen LogP contribution in [0.4, 0.5) is 0 Å². The summed E-state index contributed by atoms with van der Waals surface area (Å²) in [6.07, 6.45) is 2.68. The highest BCUT2D eigenvalue weighted by molar-refractivity contribution is 5.86. The number of hydrogen-bond acceptors (Lipinski definition) is 7. The highest BCUT2D eigenvalue weighted by Crippen LogP contribution is 2.28. The molecule has 0 saturated carbocycles. The van der Waals surface area contributed by atoms with Crippen molar-refractivity contribution in [3.8, 4) is 17.3 Å². The molecule has 1 aromatic carbocycles. The van der Waals surface area contributed by atoms with Crippen LogP contribution >= 0.6 is 0 Å². The average Bonchev–Trinajstić information content (AvgIpc) is 3.41. The molecule has 5 rings (SSSR count). The Kier molecular flexibility index (Phi) is 3.49. The largest absolute Gasteiger partial charge is 0.381 e. The highest BCUT2D eigenvalue weighted by Gasteiger charge is 2.25. The lowest BCUT2D eigenvalue weighted by atomic mass is 10.1. The molecule has 1 aliphatic rings. The Morgan fingerprint density at radius 2 is 2.12 bits per heavy atom. The maximum absolute atomic E-state index is 5.43. The molecule has 0 amide bonds. The number of fused-ring (bicyclic) bond motifs is 1. The second-order valence-electron chi connectivity index (χ2n) is 6.31. The van der Waals surface area contributed by atoms with E-state index in [0.29, 0.717) is 24.0 Å². The summed E-state index contributed by atoms with van der Waals surface area (Å²) in [7, 11) is 0. The molecule has 0 radical (unpaired) electrons. The summed E-state index contributed by atoms with van der Waals surface area (Å²) >= 11 is 0. The van der Waals surface area contributed by atoms with Gasteiger partial charge in [0.1, 0.15) is 0 Å². The van der Waals surface area contributed by atoms with E-state index in [0.717, 1.165) is 35.3 Å². The molecule has 8 nitrogen and oxygen atoms in total. The van der Waals surface area contributed by atoms with E-state index in [1.54, 1.807) is 10.9 Å². The van der Waals surface area contributed by atoms with Gasteiger partial charge in [-0.25, -0.2) is 4.68 Å². The van der Waals surface area contributed by atoms with Crippen molar-refractivity contribution in [3.63, 3.8) is 0 Å². The van der Waals surface area contributed by atoms with E-state index in [2.05, 4.69) is 25.4 Å². The third-order valence-electron chi connectivity index (χ3n) is 4.67. The maximum atomic E-state index is 5.43. The number of pyridine rings is 1. The zero-order chi connectivity index (χ0) is 17.5. The Hall–Kier alpha value is -3.13. The first-order chi connectivity index (χ1) is 12.8. The van der Waals surface area contributed by atoms with Gasteiger partial charge in [0, 0.05) is 24.1 Å². The van der Waals surface area contributed by atoms with E-state index in [1.165, 1.54) is 0 Å². The summed E-state index contributed by atoms with van der Waals surface area (Å²) in [5.74, 6) is 1.23. The standard InChI is InChI=1S/C18H16N6O2/c1-11-15(18-20-17(22-26-18)13-7-9-25-10-13)21-23-24(11)14-6-2-4-12-5-3-8-19-16(12)14/h2-6,8,13H,7,9-10H2,1H3/t13-/m0/s1. The van der Waals surface area contributed by atoms with Crippen LogP contribution in [0.15, 0.2) is 41.1 Å². The fraction of sp³-hybridized carbons (Fsp3) is 0.278. The van der Waals surface area contributed by atoms with Crippen LogP contribution in [0.1, 0.15) is 23.9 Å². The lowest BCUT2D eigenvalue weighted by Crippen LogP contribution is -2.01. The Morgan fingerprint density at radius 3 is 3.00 bits per heavy atom. The van der Waals surface area contributed by atoms with Gasteiger partial charge >= 0.3 is 0 Å². The van der Waals surface area contributed by atoms with Gasteiger partial charge in [-0.3, -0.25) is 4.98 Å². The van der Waals surface area contributed by atoms with Gasteiger partial charge in [-0.2, -0.15) is 4.98 Å². The molecule has 130 valence electrons. The summed E-state index contributed by atoms with van der Waals surface area (Å²) < 4.78 is 12.6. The second-order valence-corrected chi connectivity index (χ2v) is 6.31. The van der Waals surface area contributed by atoms with Gasteiger partial charge in [0.2, 0.25) is 0 Å². The van der Waals surface area contributed by atoms with Gasteiger partial charge < -0.3 is 9.26 Å². The summed E-state index contributed by atoms with van der Waals surface area (Å²) in [6, 6.07) is 9.90. The quantitative estimate of drug-likeness (QED) is 0.562. The number of rotatable bonds is 3. The van der Waals surface area contributed by atoms with Gasteiger partial charge in [0.15, 0.2) is 11.5 Å². The van der Waals surface area contributed by atoms with Crippen molar-refractivity contribution in [1.82, 2.24) is 30.1 Å². The van der Waals surface area contributed by atoms with Gasteiger partial charge in [0.25, 0.3) is 5.89 Å². The number of ether oxygens (including phenoxy) is 1. The zero-order valence-electron chi connectivity index (χ0n) is 14.2. The number of para-hydroxylation sites is 1. The molecule has 8 heteroatoms. The van der Waals surface area contributed by atoms with E-state index >= 15 is 0 Å². The van der Waals surface area contributed by atoms with Gasteiger partial charge in [-0.15, -0.1) is 5.10 Å². The normalized spacial score (nSPS) is 17.2. The molecular weight excluding hydrogens is 332 g/mol. The Labute approximate surface area is 148 Å². The van der Waals surface area contributed by atoms with Crippen LogP contribution in [-0.4, -0.2) is 43.3 Å². The van der Waals surface area contributed by atoms with Crippen molar-refractivity contribution in [2.24, 2.45) is 0 Å². The molecule has 26 heavy (non-hydrogen) atoms. The Balaban J connectivity index is 1.56. The minimum Gasteiger partial charge on any atom is -0.381 e. The first-order valence-electron chi connectivity index (χ1n) is 8.49. The van der Waals surface area contributed by atoms with E-state index in [4.69, 9.17) is 9.26 Å². The molecule has 0 N–H and O–H groups in total. The molecule has 1 atom stereocenters. The monoisotopic (exact) mass is 348 g/mol. The molecule has 3 aromatic heterocycles. The van der Waals surface area contributed by atoms with Crippen LogP contribution in [0.3, 0.4) is 0 Å². The van der Waals surface area contributed by atoms with Crippen molar-refractivity contribution >= 4 is 10.9 Å². The fourth-order valence-electron chi connectivity index (χ4n) is 3.25. The van der Waals surface area contributed by atoms with Crippen LogP contribution in [0.5, 0.6) is 0 Å². The minimum atomic E-state index is 0.185. The predicted octanol–water partition coefficient (Wildman–Crippen LogP) is 2.68. The van der Waals surface area contributed by atoms with Crippen molar-refractivity contribution in [3.05, 3.63) is 48.0 Å². The van der Waals surface area contributed by atoms with E-state index in [-0.39, 0.29) is 5.92 Å². The first kappa shape index (κ1) is 15.2.